The second-order valence-corrected chi connectivity index (χ2v) is 17.9. The second-order valence-electron chi connectivity index (χ2n) is 17.0. The smallest absolute Gasteiger partial charge is 0.471 e. The molecule has 67 heavy (non-hydrogen) atoms. The van der Waals surface area contributed by atoms with Gasteiger partial charge >= 0.3 is 12.1 Å². The molecule has 1 saturated carbocycles. The molecule has 4 aromatic rings. The minimum Gasteiger partial charge on any atom is -0.491 e. The lowest BCUT2D eigenvalue weighted by molar-refractivity contribution is -0.159. The molecule has 0 spiro atoms. The number of alkyl halides is 3. The van der Waals surface area contributed by atoms with Crippen molar-refractivity contribution in [1.82, 2.24) is 40.9 Å². The first-order valence-electron chi connectivity index (χ1n) is 22.8. The molecule has 2 fully saturated rings. The van der Waals surface area contributed by atoms with E-state index in [0.717, 1.165) is 44.9 Å². The third-order valence-electron chi connectivity index (χ3n) is 12.2. The molecule has 3 amide bonds. The van der Waals surface area contributed by atoms with Gasteiger partial charge in [-0.1, -0.05) is 55.6 Å². The Morgan fingerprint density at radius 1 is 0.970 bits per heavy atom. The molecule has 0 bridgehead atoms. The predicted octanol–water partition coefficient (Wildman–Crippen LogP) is 6.33. The first-order valence-corrected chi connectivity index (χ1v) is 23.7. The lowest BCUT2D eigenvalue weighted by Crippen LogP contribution is -2.55. The summed E-state index contributed by atoms with van der Waals surface area (Å²) in [6.45, 7) is 8.73. The normalized spacial score (nSPS) is 17.5. The van der Waals surface area contributed by atoms with Crippen LogP contribution < -0.4 is 20.7 Å². The van der Waals surface area contributed by atoms with E-state index in [1.165, 1.54) is 35.6 Å². The number of nitrogens with one attached hydrogen (secondary N) is 3. The van der Waals surface area contributed by atoms with Crippen molar-refractivity contribution in [3.05, 3.63) is 81.6 Å². The SMILES string of the molecule is CCN(CCOC(COC)COc1cccc(C(=O)c2csc(C3CCCN3C(=O)C(NC(=O)C(C)NC)C3CCCCC3)n2)c1)C[C@@H](C)NC(=O)c1ccc(-c2noc(C(F)(F)F)n2)cc1. The van der Waals surface area contributed by atoms with Gasteiger partial charge in [-0.05, 0) is 83.3 Å². The molecular formula is C47H61F3N8O8S. The Kier molecular flexibility index (Phi) is 18.4. The van der Waals surface area contributed by atoms with Crippen LogP contribution in [0.15, 0.2) is 58.4 Å². The molecule has 1 aliphatic heterocycles. The number of amides is 3. The van der Waals surface area contributed by atoms with Gasteiger partial charge in [0.15, 0.2) is 0 Å². The fraction of sp³-hybridized carbons (Fsp3) is 0.553. The van der Waals surface area contributed by atoms with Gasteiger partial charge in [0.2, 0.25) is 23.4 Å². The van der Waals surface area contributed by atoms with Gasteiger partial charge in [-0.25, -0.2) is 4.98 Å². The third-order valence-corrected chi connectivity index (χ3v) is 13.1. The van der Waals surface area contributed by atoms with E-state index in [9.17, 15) is 32.3 Å². The van der Waals surface area contributed by atoms with E-state index in [-0.39, 0.29) is 71.8 Å². The second kappa shape index (κ2) is 24.1. The highest BCUT2D eigenvalue weighted by molar-refractivity contribution is 7.10. The summed E-state index contributed by atoms with van der Waals surface area (Å²) in [5.74, 6) is -2.03. The molecule has 1 aliphatic carbocycles. The third kappa shape index (κ3) is 13.9. The minimum absolute atomic E-state index is 0.0733. The van der Waals surface area contributed by atoms with E-state index in [4.69, 9.17) is 19.2 Å². The number of nitrogens with zero attached hydrogens (tertiary/aromatic N) is 5. The van der Waals surface area contributed by atoms with Gasteiger partial charge in [0, 0.05) is 54.9 Å². The van der Waals surface area contributed by atoms with Crippen molar-refractivity contribution in [2.75, 3.05) is 60.2 Å². The van der Waals surface area contributed by atoms with Gasteiger partial charge in [-0.2, -0.15) is 18.2 Å². The fourth-order valence-electron chi connectivity index (χ4n) is 8.36. The number of ether oxygens (including phenoxy) is 3. The molecule has 3 heterocycles. The zero-order valence-corrected chi connectivity index (χ0v) is 39.4. The van der Waals surface area contributed by atoms with Crippen LogP contribution in [-0.2, 0) is 25.2 Å². The van der Waals surface area contributed by atoms with Gasteiger partial charge in [-0.15, -0.1) is 11.3 Å². The van der Waals surface area contributed by atoms with E-state index in [2.05, 4.69) is 35.5 Å². The molecule has 6 rings (SSSR count). The Hall–Kier alpha value is -5.28. The quantitative estimate of drug-likeness (QED) is 0.0701. The number of rotatable bonds is 23. The van der Waals surface area contributed by atoms with E-state index < -0.39 is 30.3 Å². The Morgan fingerprint density at radius 3 is 2.42 bits per heavy atom. The van der Waals surface area contributed by atoms with Gasteiger partial charge in [0.1, 0.15) is 35.2 Å². The summed E-state index contributed by atoms with van der Waals surface area (Å²) in [6, 6.07) is 11.2. The first kappa shape index (κ1) is 51.1. The largest absolute Gasteiger partial charge is 0.491 e. The molecule has 20 heteroatoms. The summed E-state index contributed by atoms with van der Waals surface area (Å²) in [4.78, 5) is 66.1. The summed E-state index contributed by atoms with van der Waals surface area (Å²) >= 11 is 1.36. The van der Waals surface area contributed by atoms with Crippen LogP contribution >= 0.6 is 11.3 Å². The topological polar surface area (TPSA) is 190 Å². The van der Waals surface area contributed by atoms with Gasteiger partial charge in [0.05, 0.1) is 25.3 Å². The standard InChI is InChI=1S/C47H61F3N8O8S/c1-6-57(25-29(2)52-43(61)33-19-17-32(18-20-33)41-55-46(66-56-41)47(48,49)50)22-23-64-36(26-63-5)27-65-35-15-10-14-34(24-35)40(59)37-28-67-44(53-37)38-16-11-21-58(38)45(62)39(31-12-8-7-9-13-31)54-42(60)30(3)51-4/h10,14-15,17-20,24,28-31,36,38-39,51H,6-9,11-13,16,21-23,25-27H2,1-5H3,(H,52,61)(H,54,60)/t29-,30?,36?,38?,39?/m1/s1. The summed E-state index contributed by atoms with van der Waals surface area (Å²) in [5.41, 5.74) is 1.28. The van der Waals surface area contributed by atoms with Crippen LogP contribution in [-0.4, -0.2) is 133 Å². The summed E-state index contributed by atoms with van der Waals surface area (Å²) in [7, 11) is 3.29. The fourth-order valence-corrected chi connectivity index (χ4v) is 9.30. The molecule has 364 valence electrons. The van der Waals surface area contributed by atoms with Crippen molar-refractivity contribution in [3.63, 3.8) is 0 Å². The van der Waals surface area contributed by atoms with E-state index >= 15 is 0 Å². The van der Waals surface area contributed by atoms with E-state index in [1.807, 2.05) is 18.7 Å². The Bertz CT molecular complexity index is 2250. The van der Waals surface area contributed by atoms with Crippen molar-refractivity contribution in [1.29, 1.82) is 0 Å². The highest BCUT2D eigenvalue weighted by Gasteiger charge is 2.41. The number of benzene rings is 2. The van der Waals surface area contributed by atoms with Crippen molar-refractivity contribution in [2.24, 2.45) is 5.92 Å². The van der Waals surface area contributed by atoms with Crippen LogP contribution in [0.1, 0.15) is 109 Å². The minimum atomic E-state index is -4.76. The zero-order valence-electron chi connectivity index (χ0n) is 38.6. The molecule has 16 nitrogen and oxygen atoms in total. The lowest BCUT2D eigenvalue weighted by atomic mass is 9.83. The molecule has 4 unspecified atom stereocenters. The van der Waals surface area contributed by atoms with Crippen molar-refractivity contribution >= 4 is 34.8 Å². The molecule has 1 saturated heterocycles. The molecule has 0 radical (unpaired) electrons. The first-order chi connectivity index (χ1) is 32.2. The van der Waals surface area contributed by atoms with Gasteiger partial charge in [-0.3, -0.25) is 24.1 Å². The maximum Gasteiger partial charge on any atom is 0.471 e. The molecule has 3 N–H and O–H groups in total. The number of carbonyl (C=O) groups is 4. The summed E-state index contributed by atoms with van der Waals surface area (Å²) in [6.07, 6.45) is 1.32. The number of hydrogen-bond acceptors (Lipinski definition) is 14. The number of thiazole rings is 1. The van der Waals surface area contributed by atoms with Crippen molar-refractivity contribution in [2.45, 2.75) is 102 Å². The Labute approximate surface area is 392 Å². The molecule has 2 aromatic heterocycles. The number of halogens is 3. The van der Waals surface area contributed by atoms with Crippen LogP contribution in [0.3, 0.4) is 0 Å². The Morgan fingerprint density at radius 2 is 1.73 bits per heavy atom. The average Bonchev–Trinajstić information content (AvgIpc) is 4.14. The number of methoxy groups -OCH3 is 1. The van der Waals surface area contributed by atoms with E-state index in [1.54, 1.807) is 50.7 Å². The average molecular weight is 955 g/mol. The van der Waals surface area contributed by atoms with Crippen LogP contribution in [0.25, 0.3) is 11.4 Å². The van der Waals surface area contributed by atoms with Crippen molar-refractivity contribution in [3.8, 4) is 17.1 Å². The summed E-state index contributed by atoms with van der Waals surface area (Å²) < 4.78 is 60.5. The van der Waals surface area contributed by atoms with Crippen LogP contribution in [0.2, 0.25) is 0 Å². The number of ketones is 1. The van der Waals surface area contributed by atoms with Crippen LogP contribution in [0, 0.1) is 5.92 Å². The van der Waals surface area contributed by atoms with E-state index in [0.29, 0.717) is 54.7 Å². The predicted molar refractivity (Wildman–Crippen MR) is 244 cm³/mol. The maximum absolute atomic E-state index is 14.2. The van der Waals surface area contributed by atoms with Crippen LogP contribution in [0.5, 0.6) is 5.75 Å². The lowest BCUT2D eigenvalue weighted by Gasteiger charge is -2.35. The highest BCUT2D eigenvalue weighted by atomic mass is 32.1. The number of aromatic nitrogens is 3. The number of likely N-dealkylation sites (tertiary alicyclic amines) is 1. The molecule has 2 aromatic carbocycles. The molecular weight excluding hydrogens is 894 g/mol. The van der Waals surface area contributed by atoms with Gasteiger partial charge in [0.25, 0.3) is 5.91 Å². The number of likely N-dealkylation sites (N-methyl/N-ethyl adjacent to an activating group) is 2. The molecule has 2 aliphatic rings. The van der Waals surface area contributed by atoms with Crippen LogP contribution in [0.4, 0.5) is 13.2 Å². The monoisotopic (exact) mass is 954 g/mol. The zero-order chi connectivity index (χ0) is 48.1. The highest BCUT2D eigenvalue weighted by Crippen LogP contribution is 2.37. The van der Waals surface area contributed by atoms with Crippen molar-refractivity contribution < 1.29 is 51.1 Å². The molecule has 5 atom stereocenters. The Balaban J connectivity index is 0.978. The summed E-state index contributed by atoms with van der Waals surface area (Å²) in [5, 5.41) is 14.8. The number of carbonyl (C=O) groups excluding carboxylic acids is 4. The maximum atomic E-state index is 14.2. The number of hydrogen-bond donors (Lipinski definition) is 3. The van der Waals surface area contributed by atoms with Gasteiger partial charge < -0.3 is 39.6 Å².